The molecule has 0 saturated heterocycles. The van der Waals surface area contributed by atoms with Crippen molar-refractivity contribution in [1.29, 1.82) is 0 Å². The quantitative estimate of drug-likeness (QED) is 0.658. The first-order chi connectivity index (χ1) is 12.5. The molecule has 1 heterocycles. The number of carbonyl (C=O) groups excluding carboxylic acids is 2. The van der Waals surface area contributed by atoms with Crippen molar-refractivity contribution in [3.05, 3.63) is 53.0 Å². The van der Waals surface area contributed by atoms with Crippen molar-refractivity contribution in [1.82, 2.24) is 4.98 Å². The standard InChI is InChI=1S/C19H19N3O2S2/c1-12-14(20-13(2)23)7-5-8-15(12)21-18(24)10-25-11-19-22-16-6-3-4-9-17(16)26-19/h3-9H,10-11H2,1-2H3,(H,20,23)(H,21,24). The number of amides is 2. The number of hydrogen-bond acceptors (Lipinski definition) is 5. The summed E-state index contributed by atoms with van der Waals surface area (Å²) in [5, 5.41) is 6.69. The Morgan fingerprint density at radius 1 is 1.08 bits per heavy atom. The molecule has 134 valence electrons. The fourth-order valence-electron chi connectivity index (χ4n) is 2.50. The Morgan fingerprint density at radius 3 is 2.54 bits per heavy atom. The molecule has 0 spiro atoms. The molecule has 0 bridgehead atoms. The SMILES string of the molecule is CC(=O)Nc1cccc(NC(=O)CSCc2nc3ccccc3s2)c1C. The van der Waals surface area contributed by atoms with E-state index in [-0.39, 0.29) is 11.8 Å². The van der Waals surface area contributed by atoms with Crippen LogP contribution in [-0.4, -0.2) is 22.6 Å². The summed E-state index contributed by atoms with van der Waals surface area (Å²) in [6.45, 7) is 3.33. The Balaban J connectivity index is 1.55. The summed E-state index contributed by atoms with van der Waals surface area (Å²) in [5.41, 5.74) is 3.26. The molecule has 0 atom stereocenters. The number of rotatable bonds is 6. The van der Waals surface area contributed by atoms with Gasteiger partial charge in [0.15, 0.2) is 0 Å². The van der Waals surface area contributed by atoms with Crippen molar-refractivity contribution in [2.24, 2.45) is 0 Å². The molecule has 0 aliphatic carbocycles. The van der Waals surface area contributed by atoms with E-state index < -0.39 is 0 Å². The molecule has 2 amide bonds. The molecule has 0 radical (unpaired) electrons. The number of thiazole rings is 1. The second-order valence-corrected chi connectivity index (χ2v) is 7.88. The fraction of sp³-hybridized carbons (Fsp3) is 0.211. The predicted molar refractivity (Wildman–Crippen MR) is 110 cm³/mol. The minimum absolute atomic E-state index is 0.0702. The number of nitrogens with one attached hydrogen (secondary N) is 2. The highest BCUT2D eigenvalue weighted by Gasteiger charge is 2.10. The van der Waals surface area contributed by atoms with Gasteiger partial charge < -0.3 is 10.6 Å². The van der Waals surface area contributed by atoms with E-state index in [0.29, 0.717) is 22.9 Å². The fourth-order valence-corrected chi connectivity index (χ4v) is 4.34. The number of fused-ring (bicyclic) bond motifs is 1. The van der Waals surface area contributed by atoms with E-state index in [1.165, 1.54) is 18.7 Å². The number of anilines is 2. The van der Waals surface area contributed by atoms with Gasteiger partial charge in [-0.2, -0.15) is 0 Å². The summed E-state index contributed by atoms with van der Waals surface area (Å²) in [7, 11) is 0. The van der Waals surface area contributed by atoms with Gasteiger partial charge in [0.2, 0.25) is 11.8 Å². The third-order valence-electron chi connectivity index (χ3n) is 3.72. The first-order valence-corrected chi connectivity index (χ1v) is 10.1. The molecular formula is C19H19N3O2S2. The van der Waals surface area contributed by atoms with Gasteiger partial charge in [-0.15, -0.1) is 23.1 Å². The smallest absolute Gasteiger partial charge is 0.234 e. The van der Waals surface area contributed by atoms with Crippen LogP contribution < -0.4 is 10.6 Å². The third kappa shape index (κ3) is 4.62. The Labute approximate surface area is 160 Å². The van der Waals surface area contributed by atoms with Crippen LogP contribution in [-0.2, 0) is 15.3 Å². The van der Waals surface area contributed by atoms with Gasteiger partial charge in [-0.25, -0.2) is 4.98 Å². The van der Waals surface area contributed by atoms with Crippen LogP contribution in [0.25, 0.3) is 10.2 Å². The lowest BCUT2D eigenvalue weighted by Crippen LogP contribution is -2.16. The van der Waals surface area contributed by atoms with Crippen LogP contribution in [0.5, 0.6) is 0 Å². The van der Waals surface area contributed by atoms with Gasteiger partial charge in [-0.3, -0.25) is 9.59 Å². The monoisotopic (exact) mass is 385 g/mol. The van der Waals surface area contributed by atoms with Crippen LogP contribution in [0, 0.1) is 6.92 Å². The van der Waals surface area contributed by atoms with Gasteiger partial charge in [0.1, 0.15) is 5.01 Å². The molecule has 5 nitrogen and oxygen atoms in total. The summed E-state index contributed by atoms with van der Waals surface area (Å²) < 4.78 is 1.16. The molecule has 3 aromatic rings. The lowest BCUT2D eigenvalue weighted by Gasteiger charge is -2.12. The third-order valence-corrected chi connectivity index (χ3v) is 5.88. The van der Waals surface area contributed by atoms with Gasteiger partial charge in [0.25, 0.3) is 0 Å². The summed E-state index contributed by atoms with van der Waals surface area (Å²) in [6, 6.07) is 13.5. The number of hydrogen-bond donors (Lipinski definition) is 2. The molecule has 0 aliphatic heterocycles. The molecule has 2 N–H and O–H groups in total. The normalized spacial score (nSPS) is 10.7. The zero-order valence-electron chi connectivity index (χ0n) is 14.5. The zero-order valence-corrected chi connectivity index (χ0v) is 16.2. The average Bonchev–Trinajstić information content (AvgIpc) is 3.01. The van der Waals surface area contributed by atoms with E-state index in [1.54, 1.807) is 11.3 Å². The van der Waals surface area contributed by atoms with Crippen LogP contribution >= 0.6 is 23.1 Å². The van der Waals surface area contributed by atoms with Crippen molar-refractivity contribution in [2.75, 3.05) is 16.4 Å². The van der Waals surface area contributed by atoms with Crippen molar-refractivity contribution >= 4 is 56.5 Å². The van der Waals surface area contributed by atoms with Gasteiger partial charge >= 0.3 is 0 Å². The largest absolute Gasteiger partial charge is 0.326 e. The lowest BCUT2D eigenvalue weighted by atomic mass is 10.1. The van der Waals surface area contributed by atoms with Crippen LogP contribution in [0.3, 0.4) is 0 Å². The number of aromatic nitrogens is 1. The first-order valence-electron chi connectivity index (χ1n) is 8.12. The van der Waals surface area contributed by atoms with Crippen molar-refractivity contribution < 1.29 is 9.59 Å². The molecule has 26 heavy (non-hydrogen) atoms. The van der Waals surface area contributed by atoms with Crippen LogP contribution in [0.2, 0.25) is 0 Å². The minimum atomic E-state index is -0.136. The molecule has 0 unspecified atom stereocenters. The van der Waals surface area contributed by atoms with Crippen molar-refractivity contribution in [3.63, 3.8) is 0 Å². The summed E-state index contributed by atoms with van der Waals surface area (Å²) in [6.07, 6.45) is 0. The highest BCUT2D eigenvalue weighted by molar-refractivity contribution is 7.99. The molecule has 2 aromatic carbocycles. The van der Waals surface area contributed by atoms with E-state index in [4.69, 9.17) is 0 Å². The van der Waals surface area contributed by atoms with Crippen molar-refractivity contribution in [3.8, 4) is 0 Å². The van der Waals surface area contributed by atoms with Gasteiger partial charge in [-0.1, -0.05) is 18.2 Å². The summed E-state index contributed by atoms with van der Waals surface area (Å²) in [4.78, 5) is 28.0. The maximum Gasteiger partial charge on any atom is 0.234 e. The molecule has 3 rings (SSSR count). The Hall–Kier alpha value is -2.38. The first kappa shape index (κ1) is 18.4. The van der Waals surface area contributed by atoms with Crippen LogP contribution in [0.4, 0.5) is 11.4 Å². The summed E-state index contributed by atoms with van der Waals surface area (Å²) >= 11 is 3.19. The molecule has 0 saturated carbocycles. The zero-order chi connectivity index (χ0) is 18.5. The number of nitrogens with zero attached hydrogens (tertiary/aromatic N) is 1. The maximum atomic E-state index is 12.2. The average molecular weight is 386 g/mol. The van der Waals surface area contributed by atoms with E-state index in [9.17, 15) is 9.59 Å². The Morgan fingerprint density at radius 2 is 1.81 bits per heavy atom. The number of thioether (sulfide) groups is 1. The van der Waals surface area contributed by atoms with Gasteiger partial charge in [-0.05, 0) is 36.8 Å². The second kappa shape index (κ2) is 8.33. The van der Waals surface area contributed by atoms with E-state index in [2.05, 4.69) is 21.7 Å². The number of benzene rings is 2. The highest BCUT2D eigenvalue weighted by Crippen LogP contribution is 2.26. The van der Waals surface area contributed by atoms with E-state index in [0.717, 1.165) is 20.8 Å². The van der Waals surface area contributed by atoms with Crippen LogP contribution in [0.1, 0.15) is 17.5 Å². The number of para-hydroxylation sites is 1. The lowest BCUT2D eigenvalue weighted by molar-refractivity contribution is -0.114. The summed E-state index contributed by atoms with van der Waals surface area (Å²) in [5.74, 6) is 0.847. The van der Waals surface area contributed by atoms with E-state index >= 15 is 0 Å². The number of carbonyl (C=O) groups is 2. The van der Waals surface area contributed by atoms with Gasteiger partial charge in [0.05, 0.1) is 16.0 Å². The maximum absolute atomic E-state index is 12.2. The topological polar surface area (TPSA) is 71.1 Å². The molecule has 1 aromatic heterocycles. The molecule has 0 fully saturated rings. The minimum Gasteiger partial charge on any atom is -0.326 e. The Kier molecular flexibility index (Phi) is 5.90. The molecule has 0 aliphatic rings. The molecular weight excluding hydrogens is 366 g/mol. The van der Waals surface area contributed by atoms with Crippen LogP contribution in [0.15, 0.2) is 42.5 Å². The second-order valence-electron chi connectivity index (χ2n) is 5.78. The van der Waals surface area contributed by atoms with Gasteiger partial charge in [0, 0.05) is 24.1 Å². The molecule has 7 heteroatoms. The van der Waals surface area contributed by atoms with E-state index in [1.807, 2.05) is 43.3 Å². The van der Waals surface area contributed by atoms with Crippen molar-refractivity contribution in [2.45, 2.75) is 19.6 Å². The highest BCUT2D eigenvalue weighted by atomic mass is 32.2. The Bertz CT molecular complexity index is 920. The predicted octanol–water partition coefficient (Wildman–Crippen LogP) is 4.44.